The molecule has 1 aliphatic heterocycles. The number of carbonyl (C=O) groups excluding carboxylic acids is 1. The van der Waals surface area contributed by atoms with Gasteiger partial charge in [-0.3, -0.25) is 9.69 Å². The Bertz CT molecular complexity index is 921. The molecule has 33 heavy (non-hydrogen) atoms. The molecule has 2 atom stereocenters. The maximum atomic E-state index is 14.1. The summed E-state index contributed by atoms with van der Waals surface area (Å²) in [7, 11) is 3.44. The SMILES string of the molecule is CN(C)C(=O)c1ccc2c(c1)CCCCCN(Cc1ccccc1F)CC[C@H](O)[C@H](O)CO2. The fourth-order valence-corrected chi connectivity index (χ4v) is 4.07. The molecule has 0 unspecified atom stereocenters. The predicted molar refractivity (Wildman–Crippen MR) is 126 cm³/mol. The van der Waals surface area contributed by atoms with Gasteiger partial charge in [0.2, 0.25) is 0 Å². The van der Waals surface area contributed by atoms with E-state index in [0.29, 0.717) is 36.4 Å². The first-order chi connectivity index (χ1) is 15.8. The molecule has 180 valence electrons. The van der Waals surface area contributed by atoms with Gasteiger partial charge in [0.15, 0.2) is 0 Å². The predicted octanol–water partition coefficient (Wildman–Crippen LogP) is 3.25. The van der Waals surface area contributed by atoms with Gasteiger partial charge in [0.05, 0.1) is 6.10 Å². The van der Waals surface area contributed by atoms with Crippen LogP contribution in [0, 0.1) is 5.82 Å². The normalized spacial score (nSPS) is 20.9. The van der Waals surface area contributed by atoms with Crippen molar-refractivity contribution in [2.24, 2.45) is 0 Å². The zero-order chi connectivity index (χ0) is 23.8. The lowest BCUT2D eigenvalue weighted by molar-refractivity contribution is -0.0163. The van der Waals surface area contributed by atoms with Gasteiger partial charge >= 0.3 is 0 Å². The van der Waals surface area contributed by atoms with E-state index in [1.807, 2.05) is 12.1 Å². The monoisotopic (exact) mass is 458 g/mol. The van der Waals surface area contributed by atoms with Crippen LogP contribution in [0.4, 0.5) is 4.39 Å². The number of amides is 1. The molecule has 0 fully saturated rings. The summed E-state index contributed by atoms with van der Waals surface area (Å²) in [5.74, 6) is 0.330. The van der Waals surface area contributed by atoms with Crippen molar-refractivity contribution in [3.05, 3.63) is 65.0 Å². The van der Waals surface area contributed by atoms with Crippen LogP contribution in [0.1, 0.15) is 47.2 Å². The summed E-state index contributed by atoms with van der Waals surface area (Å²) in [5.41, 5.74) is 2.15. The molecule has 2 N–H and O–H groups in total. The first-order valence-corrected chi connectivity index (χ1v) is 11.6. The van der Waals surface area contributed by atoms with Gasteiger partial charge in [0, 0.05) is 38.3 Å². The van der Waals surface area contributed by atoms with Gasteiger partial charge in [0.25, 0.3) is 5.91 Å². The van der Waals surface area contributed by atoms with Crippen LogP contribution in [-0.2, 0) is 13.0 Å². The molecule has 1 heterocycles. The van der Waals surface area contributed by atoms with E-state index in [0.717, 1.165) is 37.8 Å². The Morgan fingerprint density at radius 2 is 1.88 bits per heavy atom. The van der Waals surface area contributed by atoms with E-state index >= 15 is 0 Å². The second kappa shape index (κ2) is 12.1. The van der Waals surface area contributed by atoms with E-state index in [9.17, 15) is 19.4 Å². The molecular formula is C26H35FN2O4. The molecule has 2 aromatic rings. The minimum Gasteiger partial charge on any atom is -0.491 e. The van der Waals surface area contributed by atoms with Crippen molar-refractivity contribution in [2.75, 3.05) is 33.8 Å². The van der Waals surface area contributed by atoms with Crippen LogP contribution in [-0.4, -0.2) is 71.9 Å². The standard InChI is InChI=1S/C26H35FN2O4/c1-28(2)26(32)20-11-12-25-19(16-20)8-4-3-7-14-29(15-13-23(30)24(31)18-33-25)17-21-9-5-6-10-22(21)27/h5-6,9-12,16,23-24,30-31H,3-4,7-8,13-15,17-18H2,1-2H3/t23-,24+/m0/s1. The number of nitrogens with zero attached hydrogens (tertiary/aromatic N) is 2. The van der Waals surface area contributed by atoms with Gasteiger partial charge in [-0.2, -0.15) is 0 Å². The van der Waals surface area contributed by atoms with Gasteiger partial charge in [-0.15, -0.1) is 0 Å². The summed E-state index contributed by atoms with van der Waals surface area (Å²) in [6.07, 6.45) is 1.95. The number of carbonyl (C=O) groups is 1. The molecule has 0 aliphatic carbocycles. The Labute approximate surface area is 195 Å². The molecule has 1 amide bonds. The average molecular weight is 459 g/mol. The van der Waals surface area contributed by atoms with E-state index in [2.05, 4.69) is 4.90 Å². The first-order valence-electron chi connectivity index (χ1n) is 11.6. The second-order valence-electron chi connectivity index (χ2n) is 8.93. The zero-order valence-corrected chi connectivity index (χ0v) is 19.5. The Kier molecular flexibility index (Phi) is 9.23. The van der Waals surface area contributed by atoms with Crippen molar-refractivity contribution in [1.82, 2.24) is 9.80 Å². The summed E-state index contributed by atoms with van der Waals surface area (Å²) in [5, 5.41) is 20.9. The minimum absolute atomic E-state index is 0.0392. The van der Waals surface area contributed by atoms with Crippen LogP contribution in [0.15, 0.2) is 42.5 Å². The topological polar surface area (TPSA) is 73.2 Å². The molecule has 1 aliphatic rings. The molecule has 0 aromatic heterocycles. The highest BCUT2D eigenvalue weighted by Gasteiger charge is 2.21. The van der Waals surface area contributed by atoms with Crippen molar-refractivity contribution >= 4 is 5.91 Å². The number of hydrogen-bond acceptors (Lipinski definition) is 5. The van der Waals surface area contributed by atoms with Crippen LogP contribution < -0.4 is 4.74 Å². The van der Waals surface area contributed by atoms with Crippen LogP contribution in [0.2, 0.25) is 0 Å². The highest BCUT2D eigenvalue weighted by Crippen LogP contribution is 2.24. The lowest BCUT2D eigenvalue weighted by Crippen LogP contribution is -2.36. The third-order valence-electron chi connectivity index (χ3n) is 6.08. The number of aliphatic hydroxyl groups is 2. The summed E-state index contributed by atoms with van der Waals surface area (Å²) >= 11 is 0. The van der Waals surface area contributed by atoms with Gasteiger partial charge in [-0.1, -0.05) is 24.6 Å². The highest BCUT2D eigenvalue weighted by atomic mass is 19.1. The van der Waals surface area contributed by atoms with Gasteiger partial charge in [0.1, 0.15) is 24.3 Å². The number of aryl methyl sites for hydroxylation is 1. The van der Waals surface area contributed by atoms with E-state index in [1.165, 1.54) is 11.0 Å². The number of aliphatic hydroxyl groups excluding tert-OH is 2. The first kappa shape index (κ1) is 25.1. The maximum absolute atomic E-state index is 14.1. The van der Waals surface area contributed by atoms with E-state index in [-0.39, 0.29) is 18.3 Å². The van der Waals surface area contributed by atoms with E-state index in [4.69, 9.17) is 4.74 Å². The molecule has 7 heteroatoms. The smallest absolute Gasteiger partial charge is 0.253 e. The molecule has 6 nitrogen and oxygen atoms in total. The Morgan fingerprint density at radius 3 is 2.64 bits per heavy atom. The Balaban J connectivity index is 1.72. The summed E-state index contributed by atoms with van der Waals surface area (Å²) in [6.45, 7) is 1.76. The molecule has 0 saturated carbocycles. The zero-order valence-electron chi connectivity index (χ0n) is 19.5. The Hall–Kier alpha value is -2.48. The number of hydrogen-bond donors (Lipinski definition) is 2. The third kappa shape index (κ3) is 7.25. The molecule has 0 spiro atoms. The van der Waals surface area contributed by atoms with Crippen molar-refractivity contribution in [3.8, 4) is 5.75 Å². The molecular weight excluding hydrogens is 423 g/mol. The number of benzene rings is 2. The van der Waals surface area contributed by atoms with E-state index in [1.54, 1.807) is 38.4 Å². The van der Waals surface area contributed by atoms with Crippen molar-refractivity contribution in [2.45, 2.75) is 50.9 Å². The van der Waals surface area contributed by atoms with Crippen LogP contribution in [0.25, 0.3) is 0 Å². The van der Waals surface area contributed by atoms with Gasteiger partial charge < -0.3 is 19.8 Å². The fourth-order valence-electron chi connectivity index (χ4n) is 4.07. The van der Waals surface area contributed by atoms with Crippen molar-refractivity contribution in [3.63, 3.8) is 0 Å². The fraction of sp³-hybridized carbons (Fsp3) is 0.500. The quantitative estimate of drug-likeness (QED) is 0.739. The van der Waals surface area contributed by atoms with Gasteiger partial charge in [-0.25, -0.2) is 4.39 Å². The Morgan fingerprint density at radius 1 is 1.09 bits per heavy atom. The van der Waals surface area contributed by atoms with Crippen molar-refractivity contribution < 1.29 is 24.1 Å². The van der Waals surface area contributed by atoms with Crippen molar-refractivity contribution in [1.29, 1.82) is 0 Å². The number of halogens is 1. The van der Waals surface area contributed by atoms with Gasteiger partial charge in [-0.05, 0) is 62.1 Å². The van der Waals surface area contributed by atoms with Crippen LogP contribution >= 0.6 is 0 Å². The molecule has 0 saturated heterocycles. The minimum atomic E-state index is -1.04. The van der Waals surface area contributed by atoms with Crippen LogP contribution in [0.3, 0.4) is 0 Å². The molecule has 0 bridgehead atoms. The highest BCUT2D eigenvalue weighted by molar-refractivity contribution is 5.94. The molecule has 0 radical (unpaired) electrons. The van der Waals surface area contributed by atoms with E-state index < -0.39 is 12.2 Å². The number of fused-ring (bicyclic) bond motifs is 1. The number of ether oxygens (including phenoxy) is 1. The number of rotatable bonds is 3. The summed E-state index contributed by atoms with van der Waals surface area (Å²) in [6, 6.07) is 12.1. The summed E-state index contributed by atoms with van der Waals surface area (Å²) in [4.78, 5) is 16.0. The summed E-state index contributed by atoms with van der Waals surface area (Å²) < 4.78 is 20.0. The second-order valence-corrected chi connectivity index (χ2v) is 8.93. The largest absolute Gasteiger partial charge is 0.491 e. The third-order valence-corrected chi connectivity index (χ3v) is 6.08. The lowest BCUT2D eigenvalue weighted by atomic mass is 10.0. The lowest BCUT2D eigenvalue weighted by Gasteiger charge is -2.26. The average Bonchev–Trinajstić information content (AvgIpc) is 2.80. The molecule has 2 aromatic carbocycles. The molecule has 3 rings (SSSR count). The maximum Gasteiger partial charge on any atom is 0.253 e. The van der Waals surface area contributed by atoms with Crippen LogP contribution in [0.5, 0.6) is 5.75 Å².